The van der Waals surface area contributed by atoms with Gasteiger partial charge in [0, 0.05) is 22.8 Å². The molecule has 0 bridgehead atoms. The number of aromatic amines is 1. The molecule has 8 nitrogen and oxygen atoms in total. The van der Waals surface area contributed by atoms with E-state index in [0.29, 0.717) is 12.0 Å². The summed E-state index contributed by atoms with van der Waals surface area (Å²) in [6.45, 7) is 1.99. The second-order valence-electron chi connectivity index (χ2n) is 8.73. The molecule has 8 heteroatoms. The van der Waals surface area contributed by atoms with Gasteiger partial charge in [0.1, 0.15) is 11.7 Å². The number of nitrogens with zero attached hydrogens (tertiary/aromatic N) is 5. The maximum absolute atomic E-state index is 13.5. The molecular weight excluding hydrogens is 414 g/mol. The van der Waals surface area contributed by atoms with Crippen molar-refractivity contribution in [3.05, 3.63) is 60.9 Å². The Balaban J connectivity index is 1.43. The van der Waals surface area contributed by atoms with Crippen molar-refractivity contribution in [1.82, 2.24) is 20.2 Å². The minimum atomic E-state index is -0.300. The molecule has 1 fully saturated rings. The summed E-state index contributed by atoms with van der Waals surface area (Å²) in [4.78, 5) is 27.0. The van der Waals surface area contributed by atoms with Gasteiger partial charge in [-0.05, 0) is 50.1 Å². The number of hydrogen-bond donors (Lipinski definition) is 2. The molecule has 2 N–H and O–H groups in total. The van der Waals surface area contributed by atoms with Crippen LogP contribution in [0.25, 0.3) is 10.9 Å². The van der Waals surface area contributed by atoms with Gasteiger partial charge in [-0.2, -0.15) is 10.1 Å². The number of aromatic nitrogens is 4. The second kappa shape index (κ2) is 7.88. The second-order valence-corrected chi connectivity index (χ2v) is 8.73. The SMILES string of the molecule is CC1C(=O)N(c2ccccc2)c2cnc(Nc3ccc4[nH]ncc4c3)nc2N1C1CCCC1. The minimum absolute atomic E-state index is 0.0512. The monoisotopic (exact) mass is 439 g/mol. The Hall–Kier alpha value is -3.94. The summed E-state index contributed by atoms with van der Waals surface area (Å²) in [5.74, 6) is 1.37. The van der Waals surface area contributed by atoms with Gasteiger partial charge in [-0.3, -0.25) is 14.8 Å². The Morgan fingerprint density at radius 3 is 2.70 bits per heavy atom. The summed E-state index contributed by atoms with van der Waals surface area (Å²) in [7, 11) is 0. The predicted molar refractivity (Wildman–Crippen MR) is 129 cm³/mol. The van der Waals surface area contributed by atoms with Crippen molar-refractivity contribution in [2.45, 2.75) is 44.7 Å². The Bertz CT molecular complexity index is 1310. The van der Waals surface area contributed by atoms with Crippen LogP contribution in [-0.4, -0.2) is 38.2 Å². The van der Waals surface area contributed by atoms with Crippen molar-refractivity contribution in [2.24, 2.45) is 0 Å². The summed E-state index contributed by atoms with van der Waals surface area (Å²) >= 11 is 0. The topological polar surface area (TPSA) is 90.0 Å². The Morgan fingerprint density at radius 1 is 1.06 bits per heavy atom. The van der Waals surface area contributed by atoms with E-state index in [1.807, 2.05) is 55.5 Å². The van der Waals surface area contributed by atoms with Crippen LogP contribution in [-0.2, 0) is 4.79 Å². The number of rotatable bonds is 4. The van der Waals surface area contributed by atoms with Gasteiger partial charge in [-0.15, -0.1) is 0 Å². The third-order valence-electron chi connectivity index (χ3n) is 6.66. The lowest BCUT2D eigenvalue weighted by atomic mass is 10.1. The molecule has 1 aliphatic heterocycles. The number of anilines is 5. The van der Waals surface area contributed by atoms with Gasteiger partial charge in [0.2, 0.25) is 5.95 Å². The molecule has 1 aliphatic carbocycles. The molecular formula is C25H25N7O. The van der Waals surface area contributed by atoms with Gasteiger partial charge < -0.3 is 10.2 Å². The fraction of sp³-hybridized carbons (Fsp3) is 0.280. The number of carbonyl (C=O) groups is 1. The molecule has 1 atom stereocenters. The first-order chi connectivity index (χ1) is 16.2. The fourth-order valence-electron chi connectivity index (χ4n) is 5.05. The van der Waals surface area contributed by atoms with E-state index >= 15 is 0 Å². The Morgan fingerprint density at radius 2 is 1.88 bits per heavy atom. The van der Waals surface area contributed by atoms with E-state index < -0.39 is 0 Å². The zero-order valence-corrected chi connectivity index (χ0v) is 18.4. The lowest BCUT2D eigenvalue weighted by molar-refractivity contribution is -0.119. The van der Waals surface area contributed by atoms with Crippen molar-refractivity contribution in [3.63, 3.8) is 0 Å². The largest absolute Gasteiger partial charge is 0.340 e. The first-order valence-electron chi connectivity index (χ1n) is 11.4. The van der Waals surface area contributed by atoms with Crippen LogP contribution in [0, 0.1) is 0 Å². The van der Waals surface area contributed by atoms with Crippen molar-refractivity contribution in [2.75, 3.05) is 15.1 Å². The highest BCUT2D eigenvalue weighted by Gasteiger charge is 2.41. The summed E-state index contributed by atoms with van der Waals surface area (Å²) < 4.78 is 0. The zero-order chi connectivity index (χ0) is 22.4. The summed E-state index contributed by atoms with van der Waals surface area (Å²) in [5, 5.41) is 11.4. The zero-order valence-electron chi connectivity index (χ0n) is 18.4. The van der Waals surface area contributed by atoms with Gasteiger partial charge in [0.25, 0.3) is 5.91 Å². The Kier molecular flexibility index (Phi) is 4.71. The number of nitrogens with one attached hydrogen (secondary N) is 2. The molecule has 3 heterocycles. The van der Waals surface area contributed by atoms with E-state index in [9.17, 15) is 4.79 Å². The average molecular weight is 440 g/mol. The van der Waals surface area contributed by atoms with Crippen LogP contribution < -0.4 is 15.1 Å². The van der Waals surface area contributed by atoms with E-state index in [1.165, 1.54) is 12.8 Å². The fourth-order valence-corrected chi connectivity index (χ4v) is 5.05. The van der Waals surface area contributed by atoms with Crippen LogP contribution in [0.15, 0.2) is 60.9 Å². The molecule has 6 rings (SSSR count). The number of carbonyl (C=O) groups excluding carboxylic acids is 1. The number of hydrogen-bond acceptors (Lipinski definition) is 6. The Labute approximate surface area is 191 Å². The molecule has 166 valence electrons. The first-order valence-corrected chi connectivity index (χ1v) is 11.4. The molecule has 2 aromatic carbocycles. The van der Waals surface area contributed by atoms with Crippen LogP contribution >= 0.6 is 0 Å². The van der Waals surface area contributed by atoms with Crippen LogP contribution in [0.2, 0.25) is 0 Å². The normalized spacial score (nSPS) is 18.7. The van der Waals surface area contributed by atoms with E-state index in [-0.39, 0.29) is 11.9 Å². The summed E-state index contributed by atoms with van der Waals surface area (Å²) in [6.07, 6.45) is 8.07. The number of para-hydroxylation sites is 1. The van der Waals surface area contributed by atoms with Crippen molar-refractivity contribution in [1.29, 1.82) is 0 Å². The number of H-pyrrole nitrogens is 1. The summed E-state index contributed by atoms with van der Waals surface area (Å²) in [5.41, 5.74) is 3.42. The molecule has 0 spiro atoms. The molecule has 4 aromatic rings. The highest BCUT2D eigenvalue weighted by Crippen LogP contribution is 2.42. The van der Waals surface area contributed by atoms with Crippen LogP contribution in [0.5, 0.6) is 0 Å². The van der Waals surface area contributed by atoms with Crippen molar-refractivity contribution >= 4 is 45.6 Å². The van der Waals surface area contributed by atoms with Gasteiger partial charge >= 0.3 is 0 Å². The standard InChI is InChI=1S/C25H25N7O/c1-16-24(33)32(20-7-3-2-4-8-20)22-15-26-25(29-23(22)31(16)19-9-5-6-10-19)28-18-11-12-21-17(13-18)14-27-30-21/h2-4,7-8,11-16,19H,5-6,9-10H2,1H3,(H,27,30)(H,26,28,29). The highest BCUT2D eigenvalue weighted by atomic mass is 16.2. The molecule has 2 aromatic heterocycles. The average Bonchev–Trinajstić information content (AvgIpc) is 3.53. The molecule has 1 unspecified atom stereocenters. The lowest BCUT2D eigenvalue weighted by Gasteiger charge is -2.43. The molecule has 33 heavy (non-hydrogen) atoms. The first kappa shape index (κ1) is 19.7. The third-order valence-corrected chi connectivity index (χ3v) is 6.66. The summed E-state index contributed by atoms with van der Waals surface area (Å²) in [6, 6.07) is 15.7. The molecule has 0 saturated heterocycles. The van der Waals surface area contributed by atoms with E-state index in [2.05, 4.69) is 25.4 Å². The molecule has 1 saturated carbocycles. The maximum Gasteiger partial charge on any atom is 0.254 e. The van der Waals surface area contributed by atoms with Gasteiger partial charge in [-0.25, -0.2) is 4.98 Å². The van der Waals surface area contributed by atoms with Crippen molar-refractivity contribution < 1.29 is 4.79 Å². The molecule has 0 radical (unpaired) electrons. The van der Waals surface area contributed by atoms with Crippen LogP contribution in [0.1, 0.15) is 32.6 Å². The lowest BCUT2D eigenvalue weighted by Crippen LogP contribution is -2.54. The highest BCUT2D eigenvalue weighted by molar-refractivity contribution is 6.09. The van der Waals surface area contributed by atoms with E-state index in [1.54, 1.807) is 17.3 Å². The van der Waals surface area contributed by atoms with Gasteiger partial charge in [-0.1, -0.05) is 31.0 Å². The number of fused-ring (bicyclic) bond motifs is 2. The van der Waals surface area contributed by atoms with Crippen LogP contribution in [0.4, 0.5) is 28.8 Å². The minimum Gasteiger partial charge on any atom is -0.340 e. The number of amides is 1. The predicted octanol–water partition coefficient (Wildman–Crippen LogP) is 4.91. The van der Waals surface area contributed by atoms with Crippen molar-refractivity contribution in [3.8, 4) is 0 Å². The van der Waals surface area contributed by atoms with E-state index in [4.69, 9.17) is 4.98 Å². The third kappa shape index (κ3) is 3.38. The smallest absolute Gasteiger partial charge is 0.254 e. The quantitative estimate of drug-likeness (QED) is 0.469. The maximum atomic E-state index is 13.5. The number of benzene rings is 2. The molecule has 1 amide bonds. The van der Waals surface area contributed by atoms with Gasteiger partial charge in [0.15, 0.2) is 5.82 Å². The van der Waals surface area contributed by atoms with E-state index in [0.717, 1.165) is 46.6 Å². The van der Waals surface area contributed by atoms with Gasteiger partial charge in [0.05, 0.1) is 17.9 Å². The molecule has 2 aliphatic rings. The van der Waals surface area contributed by atoms with Crippen LogP contribution in [0.3, 0.4) is 0 Å².